The fourth-order valence-corrected chi connectivity index (χ4v) is 3.90. The van der Waals surface area contributed by atoms with Crippen LogP contribution in [-0.2, 0) is 27.1 Å². The van der Waals surface area contributed by atoms with E-state index in [9.17, 15) is 9.59 Å². The lowest BCUT2D eigenvalue weighted by Gasteiger charge is -2.09. The Kier molecular flexibility index (Phi) is 6.69. The minimum Gasteiger partial charge on any atom is -0.303 e. The van der Waals surface area contributed by atoms with Crippen molar-refractivity contribution < 1.29 is 0 Å². The van der Waals surface area contributed by atoms with E-state index < -0.39 is 11.2 Å². The Morgan fingerprint density at radius 1 is 1.03 bits per heavy atom. The normalized spacial score (nSPS) is 12.0. The predicted octanol–water partition coefficient (Wildman–Crippen LogP) is 3.51. The highest BCUT2D eigenvalue weighted by Gasteiger charge is 2.18. The first-order chi connectivity index (χ1) is 16.0. The number of halogens is 1. The third kappa shape index (κ3) is 4.88. The second-order valence-corrected chi connectivity index (χ2v) is 8.43. The third-order valence-corrected chi connectivity index (χ3v) is 5.71. The van der Waals surface area contributed by atoms with Gasteiger partial charge in [0.1, 0.15) is 0 Å². The molecule has 8 nitrogen and oxygen atoms in total. The molecule has 0 amide bonds. The van der Waals surface area contributed by atoms with E-state index in [1.807, 2.05) is 66.7 Å². The SMILES string of the molecule is Cn1c(=O)c2c(nc(N/N=C\C(Br)=C\c3ccccc3)n2CCc2ccccc2)n(C)c1=O. The number of aromatic nitrogens is 4. The molecule has 4 aromatic rings. The van der Waals surface area contributed by atoms with Gasteiger partial charge in [-0.3, -0.25) is 13.9 Å². The highest BCUT2D eigenvalue weighted by atomic mass is 79.9. The molecular weight excluding hydrogens is 484 g/mol. The number of rotatable bonds is 7. The average molecular weight is 507 g/mol. The molecule has 0 aliphatic heterocycles. The topological polar surface area (TPSA) is 86.2 Å². The summed E-state index contributed by atoms with van der Waals surface area (Å²) in [6.07, 6.45) is 4.24. The van der Waals surface area contributed by atoms with Crippen molar-refractivity contribution in [3.63, 3.8) is 0 Å². The number of fused-ring (bicyclic) bond motifs is 1. The maximum absolute atomic E-state index is 12.9. The van der Waals surface area contributed by atoms with Crippen LogP contribution in [0.25, 0.3) is 17.2 Å². The molecule has 2 aromatic carbocycles. The van der Waals surface area contributed by atoms with Crippen LogP contribution in [0.4, 0.5) is 5.95 Å². The van der Waals surface area contributed by atoms with E-state index in [-0.39, 0.29) is 0 Å². The lowest BCUT2D eigenvalue weighted by atomic mass is 10.1. The maximum atomic E-state index is 12.9. The molecule has 0 fully saturated rings. The lowest BCUT2D eigenvalue weighted by molar-refractivity contribution is 0.687. The van der Waals surface area contributed by atoms with Gasteiger partial charge in [-0.1, -0.05) is 60.7 Å². The van der Waals surface area contributed by atoms with Gasteiger partial charge in [-0.15, -0.1) is 0 Å². The number of anilines is 1. The Hall–Kier alpha value is -3.72. The molecule has 1 N–H and O–H groups in total. The number of imidazole rings is 1. The first-order valence-corrected chi connectivity index (χ1v) is 11.2. The van der Waals surface area contributed by atoms with Crippen LogP contribution >= 0.6 is 15.9 Å². The van der Waals surface area contributed by atoms with Crippen LogP contribution in [0, 0.1) is 0 Å². The quantitative estimate of drug-likeness (QED) is 0.307. The second-order valence-electron chi connectivity index (χ2n) is 7.51. The maximum Gasteiger partial charge on any atom is 0.332 e. The summed E-state index contributed by atoms with van der Waals surface area (Å²) in [4.78, 5) is 29.9. The number of nitrogens with zero attached hydrogens (tertiary/aromatic N) is 5. The second kappa shape index (κ2) is 9.83. The zero-order valence-electron chi connectivity index (χ0n) is 18.3. The molecule has 168 valence electrons. The van der Waals surface area contributed by atoms with Crippen LogP contribution in [-0.4, -0.2) is 24.9 Å². The number of nitrogens with one attached hydrogen (secondary N) is 1. The summed E-state index contributed by atoms with van der Waals surface area (Å²) in [5.41, 5.74) is 4.94. The molecule has 0 unspecified atom stereocenters. The van der Waals surface area contributed by atoms with Gasteiger partial charge in [0.05, 0.1) is 6.21 Å². The highest BCUT2D eigenvalue weighted by molar-refractivity contribution is 9.12. The number of benzene rings is 2. The van der Waals surface area contributed by atoms with Crippen molar-refractivity contribution in [1.29, 1.82) is 0 Å². The molecule has 0 aliphatic rings. The van der Waals surface area contributed by atoms with E-state index in [4.69, 9.17) is 0 Å². The number of aryl methyl sites for hydroxylation is 3. The van der Waals surface area contributed by atoms with E-state index in [1.54, 1.807) is 17.8 Å². The number of hydrogen-bond acceptors (Lipinski definition) is 5. The van der Waals surface area contributed by atoms with E-state index in [2.05, 4.69) is 31.4 Å². The van der Waals surface area contributed by atoms with Gasteiger partial charge in [0.2, 0.25) is 5.95 Å². The molecular formula is C24H23BrN6O2. The molecule has 2 aromatic heterocycles. The summed E-state index contributed by atoms with van der Waals surface area (Å²) in [7, 11) is 3.07. The summed E-state index contributed by atoms with van der Waals surface area (Å²) in [6, 6.07) is 19.8. The Morgan fingerprint density at radius 2 is 1.70 bits per heavy atom. The van der Waals surface area contributed by atoms with Crippen LogP contribution in [0.15, 0.2) is 79.8 Å². The van der Waals surface area contributed by atoms with E-state index >= 15 is 0 Å². The smallest absolute Gasteiger partial charge is 0.303 e. The van der Waals surface area contributed by atoms with Gasteiger partial charge in [0.15, 0.2) is 11.2 Å². The molecule has 0 aliphatic carbocycles. The Balaban J connectivity index is 1.69. The molecule has 9 heteroatoms. The Labute approximate surface area is 198 Å². The standard InChI is InChI=1S/C24H23BrN6O2/c1-29-21-20(22(32)30(2)24(29)33)31(14-13-17-9-5-3-6-10-17)23(27-21)28-26-16-19(25)15-18-11-7-4-8-12-18/h3-12,15-16H,13-14H2,1-2H3,(H,27,28)/b19-15-,26-16-. The summed E-state index contributed by atoms with van der Waals surface area (Å²) < 4.78 is 5.00. The van der Waals surface area contributed by atoms with Crippen LogP contribution in [0.2, 0.25) is 0 Å². The van der Waals surface area contributed by atoms with Crippen molar-refractivity contribution in [2.75, 3.05) is 5.43 Å². The third-order valence-electron chi connectivity index (χ3n) is 5.27. The molecule has 0 saturated heterocycles. The largest absolute Gasteiger partial charge is 0.332 e. The fraction of sp³-hybridized carbons (Fsp3) is 0.167. The van der Waals surface area contributed by atoms with Gasteiger partial charge in [-0.25, -0.2) is 10.2 Å². The molecule has 33 heavy (non-hydrogen) atoms. The van der Waals surface area contributed by atoms with Crippen LogP contribution < -0.4 is 16.7 Å². The summed E-state index contributed by atoms with van der Waals surface area (Å²) in [5, 5.41) is 4.28. The Morgan fingerprint density at radius 3 is 2.39 bits per heavy atom. The molecule has 4 rings (SSSR count). The molecule has 0 bridgehead atoms. The highest BCUT2D eigenvalue weighted by Crippen LogP contribution is 2.17. The van der Waals surface area contributed by atoms with E-state index in [0.717, 1.165) is 20.2 Å². The minimum atomic E-state index is -0.427. The summed E-state index contributed by atoms with van der Waals surface area (Å²) >= 11 is 3.49. The Bertz CT molecular complexity index is 1450. The van der Waals surface area contributed by atoms with Gasteiger partial charge in [0.25, 0.3) is 5.56 Å². The van der Waals surface area contributed by atoms with Crippen LogP contribution in [0.3, 0.4) is 0 Å². The van der Waals surface area contributed by atoms with Gasteiger partial charge < -0.3 is 4.57 Å². The molecule has 0 atom stereocenters. The predicted molar refractivity (Wildman–Crippen MR) is 136 cm³/mol. The van der Waals surface area contributed by atoms with Crippen molar-refractivity contribution in [3.8, 4) is 0 Å². The van der Waals surface area contributed by atoms with Crippen molar-refractivity contribution in [2.24, 2.45) is 19.2 Å². The van der Waals surface area contributed by atoms with Crippen molar-refractivity contribution in [3.05, 3.63) is 97.1 Å². The van der Waals surface area contributed by atoms with E-state index in [0.29, 0.717) is 30.1 Å². The first kappa shape index (κ1) is 22.5. The number of allylic oxidation sites excluding steroid dienone is 1. The molecule has 0 spiro atoms. The fourth-order valence-electron chi connectivity index (χ4n) is 3.53. The summed E-state index contributed by atoms with van der Waals surface area (Å²) in [5.74, 6) is 0.385. The summed E-state index contributed by atoms with van der Waals surface area (Å²) in [6.45, 7) is 0.493. The first-order valence-electron chi connectivity index (χ1n) is 10.4. The monoisotopic (exact) mass is 506 g/mol. The zero-order valence-corrected chi connectivity index (χ0v) is 19.9. The van der Waals surface area contributed by atoms with Crippen molar-refractivity contribution in [1.82, 2.24) is 18.7 Å². The van der Waals surface area contributed by atoms with Crippen LogP contribution in [0.5, 0.6) is 0 Å². The molecule has 0 radical (unpaired) electrons. The molecule has 0 saturated carbocycles. The van der Waals surface area contributed by atoms with Crippen molar-refractivity contribution in [2.45, 2.75) is 13.0 Å². The van der Waals surface area contributed by atoms with Crippen molar-refractivity contribution >= 4 is 45.3 Å². The van der Waals surface area contributed by atoms with Crippen LogP contribution in [0.1, 0.15) is 11.1 Å². The molecule has 2 heterocycles. The lowest BCUT2D eigenvalue weighted by Crippen LogP contribution is -2.37. The zero-order chi connectivity index (χ0) is 23.4. The number of hydrogen-bond donors (Lipinski definition) is 1. The van der Waals surface area contributed by atoms with Gasteiger partial charge in [0, 0.05) is 25.1 Å². The van der Waals surface area contributed by atoms with Gasteiger partial charge >= 0.3 is 5.69 Å². The number of hydrazone groups is 1. The van der Waals surface area contributed by atoms with Gasteiger partial charge in [-0.2, -0.15) is 10.1 Å². The van der Waals surface area contributed by atoms with Gasteiger partial charge in [-0.05, 0) is 39.6 Å². The average Bonchev–Trinajstić information content (AvgIpc) is 3.20. The minimum absolute atomic E-state index is 0.313. The van der Waals surface area contributed by atoms with E-state index in [1.165, 1.54) is 11.6 Å².